The van der Waals surface area contributed by atoms with Crippen LogP contribution in [0.3, 0.4) is 0 Å². The molecule has 0 atom stereocenters. The molecule has 0 bridgehead atoms. The number of ketones is 2. The second-order valence-electron chi connectivity index (χ2n) is 8.95. The molecule has 206 valence electrons. The molecule has 0 amide bonds. The molecule has 0 aliphatic carbocycles. The molecule has 0 fully saturated rings. The summed E-state index contributed by atoms with van der Waals surface area (Å²) in [6.07, 6.45) is 2.12. The summed E-state index contributed by atoms with van der Waals surface area (Å²) >= 11 is 6.88. The van der Waals surface area contributed by atoms with Crippen LogP contribution >= 0.6 is 31.9 Å². The highest BCUT2D eigenvalue weighted by molar-refractivity contribution is 9.09. The second kappa shape index (κ2) is 18.9. The minimum absolute atomic E-state index is 0.0665. The number of hydrogen-bond acceptors (Lipinski definition) is 8. The Morgan fingerprint density at radius 3 is 1.86 bits per heavy atom. The molecule has 0 radical (unpaired) electrons. The van der Waals surface area contributed by atoms with Crippen LogP contribution in [-0.4, -0.2) is 74.4 Å². The van der Waals surface area contributed by atoms with Gasteiger partial charge < -0.3 is 18.9 Å². The lowest BCUT2D eigenvalue weighted by Gasteiger charge is -2.08. The summed E-state index contributed by atoms with van der Waals surface area (Å²) in [5.41, 5.74) is 3.91. The Bertz CT molecular complexity index is 973. The van der Waals surface area contributed by atoms with Crippen LogP contribution in [0.25, 0.3) is 11.0 Å². The van der Waals surface area contributed by atoms with Crippen molar-refractivity contribution in [2.75, 3.05) is 52.9 Å². The molecule has 0 saturated carbocycles. The highest BCUT2D eigenvalue weighted by Gasteiger charge is 2.11. The number of nitrogens with zero attached hydrogens (tertiary/aromatic N) is 2. The van der Waals surface area contributed by atoms with E-state index in [1.807, 2.05) is 32.0 Å². The molecule has 0 spiro atoms. The third kappa shape index (κ3) is 12.9. The third-order valence-electron chi connectivity index (χ3n) is 5.36. The molecule has 2 aromatic rings. The Hall–Kier alpha value is -1.30. The Morgan fingerprint density at radius 2 is 1.30 bits per heavy atom. The standard InChI is InChI=1S/C27H38Br2N2O6/c1-20(2)16-22(32)7-9-35-11-13-37-15-14-36-12-10-34-8-3-4-27(33)21-5-6-23-24(17-21)31-26(19-29)25(18-28)30-23/h5-6,17,20H,3-4,7-16,18-19H2,1-2H3. The van der Waals surface area contributed by atoms with Crippen LogP contribution in [-0.2, 0) is 34.4 Å². The third-order valence-corrected chi connectivity index (χ3v) is 6.43. The number of fused-ring (bicyclic) bond motifs is 1. The van der Waals surface area contributed by atoms with Crippen molar-refractivity contribution in [3.05, 3.63) is 35.2 Å². The van der Waals surface area contributed by atoms with Crippen LogP contribution in [0.4, 0.5) is 0 Å². The Morgan fingerprint density at radius 1 is 0.757 bits per heavy atom. The van der Waals surface area contributed by atoms with Crippen LogP contribution in [0, 0.1) is 5.92 Å². The van der Waals surface area contributed by atoms with Crippen molar-refractivity contribution in [1.82, 2.24) is 9.97 Å². The predicted octanol–water partition coefficient (Wildman–Crippen LogP) is 5.45. The highest BCUT2D eigenvalue weighted by Crippen LogP contribution is 2.19. The van der Waals surface area contributed by atoms with Gasteiger partial charge in [0.1, 0.15) is 5.78 Å². The average molecular weight is 646 g/mol. The fraction of sp³-hybridized carbons (Fsp3) is 0.630. The number of alkyl halides is 2. The fourth-order valence-corrected chi connectivity index (χ4v) is 4.40. The minimum atomic E-state index is 0.0665. The first kappa shape index (κ1) is 31.9. The minimum Gasteiger partial charge on any atom is -0.379 e. The number of halogens is 2. The van der Waals surface area contributed by atoms with E-state index in [9.17, 15) is 9.59 Å². The van der Waals surface area contributed by atoms with Gasteiger partial charge in [-0.3, -0.25) is 9.59 Å². The Balaban J connectivity index is 1.47. The quantitative estimate of drug-likeness (QED) is 0.100. The van der Waals surface area contributed by atoms with Crippen LogP contribution in [0.5, 0.6) is 0 Å². The summed E-state index contributed by atoms with van der Waals surface area (Å²) in [5.74, 6) is 0.701. The second-order valence-corrected chi connectivity index (χ2v) is 10.1. The van der Waals surface area contributed by atoms with E-state index in [0.29, 0.717) is 101 Å². The number of carbonyl (C=O) groups is 2. The molecule has 0 aliphatic rings. The van der Waals surface area contributed by atoms with E-state index in [0.717, 1.165) is 22.4 Å². The van der Waals surface area contributed by atoms with Crippen LogP contribution in [0.15, 0.2) is 18.2 Å². The van der Waals surface area contributed by atoms with E-state index in [-0.39, 0.29) is 11.6 Å². The van der Waals surface area contributed by atoms with Crippen molar-refractivity contribution in [2.24, 2.45) is 5.92 Å². The molecule has 1 heterocycles. The fourth-order valence-electron chi connectivity index (χ4n) is 3.50. The Labute approximate surface area is 236 Å². The molecule has 10 heteroatoms. The van der Waals surface area contributed by atoms with E-state index >= 15 is 0 Å². The maximum absolute atomic E-state index is 12.6. The van der Waals surface area contributed by atoms with Gasteiger partial charge in [-0.15, -0.1) is 0 Å². The van der Waals surface area contributed by atoms with Gasteiger partial charge in [0.25, 0.3) is 0 Å². The number of ether oxygens (including phenoxy) is 4. The SMILES string of the molecule is CC(C)CC(=O)CCOCCOCCOCCOCCCC(=O)c1ccc2nc(CBr)c(CBr)nc2c1. The molecule has 1 aromatic carbocycles. The maximum Gasteiger partial charge on any atom is 0.163 e. The zero-order valence-electron chi connectivity index (χ0n) is 21.8. The Kier molecular flexibility index (Phi) is 16.3. The summed E-state index contributed by atoms with van der Waals surface area (Å²) < 4.78 is 21.9. The van der Waals surface area contributed by atoms with E-state index in [2.05, 4.69) is 41.8 Å². The molecular formula is C27H38Br2N2O6. The van der Waals surface area contributed by atoms with Crippen molar-refractivity contribution in [3.63, 3.8) is 0 Å². The van der Waals surface area contributed by atoms with E-state index < -0.39 is 0 Å². The van der Waals surface area contributed by atoms with Crippen molar-refractivity contribution >= 4 is 54.5 Å². The van der Waals surface area contributed by atoms with Crippen LogP contribution in [0.2, 0.25) is 0 Å². The summed E-state index contributed by atoms with van der Waals surface area (Å²) in [6, 6.07) is 5.47. The maximum atomic E-state index is 12.6. The summed E-state index contributed by atoms with van der Waals surface area (Å²) in [6.45, 7) is 7.87. The predicted molar refractivity (Wildman–Crippen MR) is 151 cm³/mol. The van der Waals surface area contributed by atoms with E-state index in [4.69, 9.17) is 18.9 Å². The van der Waals surface area contributed by atoms with E-state index in [1.165, 1.54) is 0 Å². The molecule has 0 unspecified atom stereocenters. The zero-order valence-corrected chi connectivity index (χ0v) is 25.0. The van der Waals surface area contributed by atoms with Gasteiger partial charge in [0, 0.05) is 42.1 Å². The number of benzene rings is 1. The van der Waals surface area contributed by atoms with Crippen molar-refractivity contribution in [1.29, 1.82) is 0 Å². The summed E-state index contributed by atoms with van der Waals surface area (Å²) in [5, 5.41) is 1.25. The summed E-state index contributed by atoms with van der Waals surface area (Å²) in [7, 11) is 0. The first-order chi connectivity index (χ1) is 17.9. The monoisotopic (exact) mass is 644 g/mol. The first-order valence-corrected chi connectivity index (χ1v) is 15.0. The van der Waals surface area contributed by atoms with Gasteiger partial charge in [-0.2, -0.15) is 0 Å². The first-order valence-electron chi connectivity index (χ1n) is 12.7. The average Bonchev–Trinajstić information content (AvgIpc) is 2.89. The van der Waals surface area contributed by atoms with Gasteiger partial charge in [-0.25, -0.2) is 9.97 Å². The number of rotatable bonds is 21. The molecule has 37 heavy (non-hydrogen) atoms. The van der Waals surface area contributed by atoms with Gasteiger partial charge in [0.05, 0.1) is 68.7 Å². The highest BCUT2D eigenvalue weighted by atomic mass is 79.9. The van der Waals surface area contributed by atoms with Gasteiger partial charge >= 0.3 is 0 Å². The molecule has 1 aromatic heterocycles. The zero-order chi connectivity index (χ0) is 26.9. The lowest BCUT2D eigenvalue weighted by atomic mass is 10.1. The summed E-state index contributed by atoms with van der Waals surface area (Å²) in [4.78, 5) is 33.4. The smallest absolute Gasteiger partial charge is 0.163 e. The molecule has 0 aliphatic heterocycles. The number of Topliss-reactive ketones (excluding diaryl/α,β-unsaturated/α-hetero) is 2. The number of aromatic nitrogens is 2. The topological polar surface area (TPSA) is 96.8 Å². The molecule has 0 saturated heterocycles. The number of hydrogen-bond donors (Lipinski definition) is 0. The van der Waals surface area contributed by atoms with Gasteiger partial charge in [-0.1, -0.05) is 45.7 Å². The molecule has 0 N–H and O–H groups in total. The largest absolute Gasteiger partial charge is 0.379 e. The lowest BCUT2D eigenvalue weighted by molar-refractivity contribution is -0.121. The molecule has 2 rings (SSSR count). The van der Waals surface area contributed by atoms with Crippen LogP contribution < -0.4 is 0 Å². The van der Waals surface area contributed by atoms with Gasteiger partial charge in [0.15, 0.2) is 5.78 Å². The van der Waals surface area contributed by atoms with Gasteiger partial charge in [-0.05, 0) is 30.5 Å². The molecule has 8 nitrogen and oxygen atoms in total. The number of carbonyl (C=O) groups excluding carboxylic acids is 2. The van der Waals surface area contributed by atoms with Crippen molar-refractivity contribution < 1.29 is 28.5 Å². The molecular weight excluding hydrogens is 608 g/mol. The van der Waals surface area contributed by atoms with Gasteiger partial charge in [0.2, 0.25) is 0 Å². The van der Waals surface area contributed by atoms with Crippen LogP contribution in [0.1, 0.15) is 61.3 Å². The van der Waals surface area contributed by atoms with Crippen molar-refractivity contribution in [3.8, 4) is 0 Å². The lowest BCUT2D eigenvalue weighted by Crippen LogP contribution is -2.13. The van der Waals surface area contributed by atoms with E-state index in [1.54, 1.807) is 0 Å². The normalized spacial score (nSPS) is 11.5. The van der Waals surface area contributed by atoms with Crippen molar-refractivity contribution in [2.45, 2.75) is 50.2 Å².